The van der Waals surface area contributed by atoms with Crippen molar-refractivity contribution >= 4 is 11.9 Å². The second kappa shape index (κ2) is 7.39. The van der Waals surface area contributed by atoms with E-state index < -0.39 is 31.1 Å². The van der Waals surface area contributed by atoms with Gasteiger partial charge in [0, 0.05) is 18.6 Å². The Morgan fingerprint density at radius 2 is 1.85 bits per heavy atom. The van der Waals surface area contributed by atoms with Crippen molar-refractivity contribution in [3.8, 4) is 5.75 Å². The number of alkyl halides is 2. The molecule has 1 atom stereocenters. The van der Waals surface area contributed by atoms with Gasteiger partial charge in [0.1, 0.15) is 11.8 Å². The van der Waals surface area contributed by atoms with E-state index >= 15 is 0 Å². The van der Waals surface area contributed by atoms with E-state index in [1.165, 1.54) is 24.3 Å². The Kier molecular flexibility index (Phi) is 5.85. The molecule has 0 saturated carbocycles. The number of aliphatic hydroxyl groups excluding tert-OH is 1. The van der Waals surface area contributed by atoms with Gasteiger partial charge in [-0.05, 0) is 24.3 Å². The van der Waals surface area contributed by atoms with E-state index in [0.29, 0.717) is 0 Å². The lowest BCUT2D eigenvalue weighted by Crippen LogP contribution is -2.41. The fraction of sp³-hybridized carbons (Fsp3) is 0.333. The monoisotopic (exact) mass is 289 g/mol. The molecule has 3 N–H and O–H groups in total. The first kappa shape index (κ1) is 15.8. The lowest BCUT2D eigenvalue weighted by atomic mass is 10.1. The lowest BCUT2D eigenvalue weighted by Gasteiger charge is -2.13. The third kappa shape index (κ3) is 4.81. The van der Waals surface area contributed by atoms with Crippen LogP contribution in [0.25, 0.3) is 0 Å². The Balaban J connectivity index is 2.69. The maximum absolute atomic E-state index is 11.9. The first-order valence-electron chi connectivity index (χ1n) is 5.63. The highest BCUT2D eigenvalue weighted by Crippen LogP contribution is 2.15. The van der Waals surface area contributed by atoms with Gasteiger partial charge < -0.3 is 20.3 Å². The highest BCUT2D eigenvalue weighted by Gasteiger charge is 2.20. The van der Waals surface area contributed by atoms with Gasteiger partial charge in [-0.15, -0.1) is 0 Å². The number of carboxylic acids is 1. The van der Waals surface area contributed by atoms with E-state index in [4.69, 9.17) is 10.2 Å². The van der Waals surface area contributed by atoms with Crippen molar-refractivity contribution in [2.75, 3.05) is 6.61 Å². The van der Waals surface area contributed by atoms with Gasteiger partial charge in [-0.1, -0.05) is 0 Å². The predicted molar refractivity (Wildman–Crippen MR) is 63.7 cm³/mol. The Morgan fingerprint density at radius 3 is 2.30 bits per heavy atom. The molecule has 110 valence electrons. The number of rotatable bonds is 7. The SMILES string of the molecule is O=C(NC(CCO)C(=O)O)c1ccc(OC(F)F)cc1. The van der Waals surface area contributed by atoms with Crippen molar-refractivity contribution < 1.29 is 33.3 Å². The molecule has 0 heterocycles. The average molecular weight is 289 g/mol. The summed E-state index contributed by atoms with van der Waals surface area (Å²) in [4.78, 5) is 22.5. The van der Waals surface area contributed by atoms with Crippen LogP contribution < -0.4 is 10.1 Å². The maximum Gasteiger partial charge on any atom is 0.387 e. The first-order chi connectivity index (χ1) is 9.43. The molecule has 0 radical (unpaired) electrons. The van der Waals surface area contributed by atoms with E-state index in [0.717, 1.165) is 0 Å². The number of carboxylic acid groups (broad SMARTS) is 1. The summed E-state index contributed by atoms with van der Waals surface area (Å²) in [5, 5.41) is 19.7. The number of carbonyl (C=O) groups excluding carboxylic acids is 1. The maximum atomic E-state index is 11.9. The molecule has 1 aromatic rings. The predicted octanol–water partition coefficient (Wildman–Crippen LogP) is 0.853. The summed E-state index contributed by atoms with van der Waals surface area (Å²) in [6.45, 7) is -3.35. The van der Waals surface area contributed by atoms with E-state index in [1.54, 1.807) is 0 Å². The van der Waals surface area contributed by atoms with Crippen molar-refractivity contribution in [2.24, 2.45) is 0 Å². The van der Waals surface area contributed by atoms with Crippen LogP contribution in [0.2, 0.25) is 0 Å². The topological polar surface area (TPSA) is 95.9 Å². The number of halogens is 2. The Morgan fingerprint density at radius 1 is 1.25 bits per heavy atom. The number of hydrogen-bond donors (Lipinski definition) is 3. The number of carbonyl (C=O) groups is 2. The standard InChI is InChI=1S/C12H13F2NO5/c13-12(14)20-8-3-1-7(2-4-8)10(17)15-9(5-6-16)11(18)19/h1-4,9,12,16H,5-6H2,(H,15,17)(H,18,19). The molecule has 0 aromatic heterocycles. The molecule has 0 fully saturated rings. The molecule has 1 unspecified atom stereocenters. The molecule has 0 aliphatic heterocycles. The third-order valence-electron chi connectivity index (χ3n) is 2.36. The molecular weight excluding hydrogens is 276 g/mol. The second-order valence-corrected chi connectivity index (χ2v) is 3.78. The van der Waals surface area contributed by atoms with Crippen molar-refractivity contribution in [1.82, 2.24) is 5.32 Å². The normalized spacial score (nSPS) is 12.0. The fourth-order valence-electron chi connectivity index (χ4n) is 1.42. The van der Waals surface area contributed by atoms with Gasteiger partial charge in [-0.3, -0.25) is 4.79 Å². The third-order valence-corrected chi connectivity index (χ3v) is 2.36. The Labute approximate surface area is 113 Å². The number of aliphatic hydroxyl groups is 1. The largest absolute Gasteiger partial charge is 0.480 e. The van der Waals surface area contributed by atoms with Crippen LogP contribution in [0.3, 0.4) is 0 Å². The highest BCUT2D eigenvalue weighted by molar-refractivity contribution is 5.96. The minimum Gasteiger partial charge on any atom is -0.480 e. The summed E-state index contributed by atoms with van der Waals surface area (Å²) in [6.07, 6.45) is -0.131. The number of aliphatic carboxylic acids is 1. The van der Waals surface area contributed by atoms with Gasteiger partial charge in [-0.25, -0.2) is 4.79 Å². The fourth-order valence-corrected chi connectivity index (χ4v) is 1.42. The highest BCUT2D eigenvalue weighted by atomic mass is 19.3. The molecule has 0 saturated heterocycles. The van der Waals surface area contributed by atoms with Crippen LogP contribution in [0.15, 0.2) is 24.3 Å². The zero-order valence-electron chi connectivity index (χ0n) is 10.3. The summed E-state index contributed by atoms with van der Waals surface area (Å²) in [5.74, 6) is -2.07. The quantitative estimate of drug-likeness (QED) is 0.691. The summed E-state index contributed by atoms with van der Waals surface area (Å²) < 4.78 is 28.0. The zero-order chi connectivity index (χ0) is 15.1. The van der Waals surface area contributed by atoms with Crippen molar-refractivity contribution in [3.05, 3.63) is 29.8 Å². The van der Waals surface area contributed by atoms with Crippen LogP contribution in [0.1, 0.15) is 16.8 Å². The molecule has 6 nitrogen and oxygen atoms in total. The van der Waals surface area contributed by atoms with Crippen LogP contribution in [0.5, 0.6) is 5.75 Å². The molecule has 0 aliphatic carbocycles. The van der Waals surface area contributed by atoms with Crippen molar-refractivity contribution in [1.29, 1.82) is 0 Å². The smallest absolute Gasteiger partial charge is 0.387 e. The number of amides is 1. The molecule has 20 heavy (non-hydrogen) atoms. The molecule has 0 aliphatic rings. The number of ether oxygens (including phenoxy) is 1. The van der Waals surface area contributed by atoms with Gasteiger partial charge in [0.2, 0.25) is 0 Å². The average Bonchev–Trinajstić information content (AvgIpc) is 2.38. The number of hydrogen-bond acceptors (Lipinski definition) is 4. The number of nitrogens with one attached hydrogen (secondary N) is 1. The molecule has 0 spiro atoms. The van der Waals surface area contributed by atoms with Crippen molar-refractivity contribution in [3.63, 3.8) is 0 Å². The molecule has 8 heteroatoms. The van der Waals surface area contributed by atoms with Crippen LogP contribution in [-0.2, 0) is 4.79 Å². The Hall–Kier alpha value is -2.22. The van der Waals surface area contributed by atoms with E-state index in [1.807, 2.05) is 0 Å². The van der Waals surface area contributed by atoms with E-state index in [-0.39, 0.29) is 17.7 Å². The minimum atomic E-state index is -2.96. The van der Waals surface area contributed by atoms with Gasteiger partial charge in [0.05, 0.1) is 0 Å². The summed E-state index contributed by atoms with van der Waals surface area (Å²) in [7, 11) is 0. The lowest BCUT2D eigenvalue weighted by molar-refractivity contribution is -0.139. The van der Waals surface area contributed by atoms with Gasteiger partial charge in [0.15, 0.2) is 0 Å². The summed E-state index contributed by atoms with van der Waals surface area (Å²) in [6, 6.07) is 3.58. The van der Waals surface area contributed by atoms with Crippen LogP contribution >= 0.6 is 0 Å². The van der Waals surface area contributed by atoms with E-state index in [2.05, 4.69) is 10.1 Å². The Bertz CT molecular complexity index is 463. The van der Waals surface area contributed by atoms with Crippen LogP contribution in [0, 0.1) is 0 Å². The number of benzene rings is 1. The van der Waals surface area contributed by atoms with Crippen LogP contribution in [-0.4, -0.2) is 41.3 Å². The van der Waals surface area contributed by atoms with Gasteiger partial charge >= 0.3 is 12.6 Å². The van der Waals surface area contributed by atoms with Crippen LogP contribution in [0.4, 0.5) is 8.78 Å². The summed E-state index contributed by atoms with van der Waals surface area (Å²) in [5.41, 5.74) is 0.0933. The van der Waals surface area contributed by atoms with Gasteiger partial charge in [-0.2, -0.15) is 8.78 Å². The van der Waals surface area contributed by atoms with E-state index in [9.17, 15) is 18.4 Å². The zero-order valence-corrected chi connectivity index (χ0v) is 10.3. The molecule has 0 bridgehead atoms. The van der Waals surface area contributed by atoms with Gasteiger partial charge in [0.25, 0.3) is 5.91 Å². The summed E-state index contributed by atoms with van der Waals surface area (Å²) >= 11 is 0. The molecule has 1 rings (SSSR count). The van der Waals surface area contributed by atoms with Crippen molar-refractivity contribution in [2.45, 2.75) is 19.1 Å². The molecule has 1 amide bonds. The first-order valence-corrected chi connectivity index (χ1v) is 5.63. The second-order valence-electron chi connectivity index (χ2n) is 3.78. The minimum absolute atomic E-state index is 0.0933. The molecule has 1 aromatic carbocycles. The molecular formula is C12H13F2NO5.